The Morgan fingerprint density at radius 3 is 2.58 bits per heavy atom. The SMILES string of the molecule is CN(Cc1ccccn1)C1C=CC2(CC1)CCN(S(C)(=O)=O)CC2. The maximum absolute atomic E-state index is 11.7. The predicted molar refractivity (Wildman–Crippen MR) is 95.9 cm³/mol. The molecule has 5 nitrogen and oxygen atoms in total. The van der Waals surface area contributed by atoms with Crippen LogP contribution in [0.3, 0.4) is 0 Å². The lowest BCUT2D eigenvalue weighted by Gasteiger charge is -2.43. The number of piperidine rings is 1. The Kier molecular flexibility index (Phi) is 5.08. The van der Waals surface area contributed by atoms with Gasteiger partial charge in [-0.05, 0) is 50.3 Å². The quantitative estimate of drug-likeness (QED) is 0.783. The van der Waals surface area contributed by atoms with Crippen LogP contribution in [0.4, 0.5) is 0 Å². The van der Waals surface area contributed by atoms with Gasteiger partial charge in [0.05, 0.1) is 11.9 Å². The van der Waals surface area contributed by atoms with Crippen molar-refractivity contribution in [3.05, 3.63) is 42.2 Å². The van der Waals surface area contributed by atoms with Gasteiger partial charge in [0.25, 0.3) is 0 Å². The second-order valence-electron chi connectivity index (χ2n) is 7.23. The van der Waals surface area contributed by atoms with E-state index >= 15 is 0 Å². The summed E-state index contributed by atoms with van der Waals surface area (Å²) in [7, 11) is -0.899. The highest BCUT2D eigenvalue weighted by atomic mass is 32.2. The first-order valence-electron chi connectivity index (χ1n) is 8.63. The molecule has 1 fully saturated rings. The lowest BCUT2D eigenvalue weighted by atomic mass is 9.71. The van der Waals surface area contributed by atoms with E-state index in [2.05, 4.69) is 35.1 Å². The fourth-order valence-electron chi connectivity index (χ4n) is 3.84. The number of hydrogen-bond acceptors (Lipinski definition) is 4. The molecule has 0 saturated carbocycles. The topological polar surface area (TPSA) is 53.5 Å². The second-order valence-corrected chi connectivity index (χ2v) is 9.21. The van der Waals surface area contributed by atoms with Crippen LogP contribution in [0, 0.1) is 5.41 Å². The normalized spacial score (nSPS) is 24.5. The van der Waals surface area contributed by atoms with E-state index in [0.29, 0.717) is 19.1 Å². The van der Waals surface area contributed by atoms with Gasteiger partial charge in [-0.25, -0.2) is 12.7 Å². The molecule has 0 N–H and O–H groups in total. The van der Waals surface area contributed by atoms with Crippen molar-refractivity contribution >= 4 is 10.0 Å². The van der Waals surface area contributed by atoms with Gasteiger partial charge in [-0.3, -0.25) is 9.88 Å². The zero-order chi connectivity index (χ0) is 17.2. The molecule has 1 spiro atoms. The van der Waals surface area contributed by atoms with Crippen molar-refractivity contribution in [2.75, 3.05) is 26.4 Å². The maximum atomic E-state index is 11.7. The van der Waals surface area contributed by atoms with Gasteiger partial charge in [-0.2, -0.15) is 0 Å². The average molecular weight is 350 g/mol. The van der Waals surface area contributed by atoms with Crippen LogP contribution in [0.2, 0.25) is 0 Å². The number of nitrogens with zero attached hydrogens (tertiary/aromatic N) is 3. The monoisotopic (exact) mass is 349 g/mol. The fraction of sp³-hybridized carbons (Fsp3) is 0.611. The van der Waals surface area contributed by atoms with Crippen LogP contribution in [0.1, 0.15) is 31.4 Å². The molecule has 3 rings (SSSR count). The van der Waals surface area contributed by atoms with Gasteiger partial charge in [0.2, 0.25) is 10.0 Å². The molecule has 1 aliphatic carbocycles. The molecule has 1 aromatic rings. The van der Waals surface area contributed by atoms with Gasteiger partial charge in [0.15, 0.2) is 0 Å². The number of rotatable bonds is 4. The number of allylic oxidation sites excluding steroid dienone is 1. The van der Waals surface area contributed by atoms with Crippen molar-refractivity contribution in [3.8, 4) is 0 Å². The first kappa shape index (κ1) is 17.6. The molecule has 1 saturated heterocycles. The van der Waals surface area contributed by atoms with E-state index in [1.54, 1.807) is 4.31 Å². The molecular formula is C18H27N3O2S. The summed E-state index contributed by atoms with van der Waals surface area (Å²) in [5.74, 6) is 0. The van der Waals surface area contributed by atoms with Crippen LogP contribution in [0.15, 0.2) is 36.5 Å². The molecular weight excluding hydrogens is 322 g/mol. The summed E-state index contributed by atoms with van der Waals surface area (Å²) < 4.78 is 25.0. The lowest BCUT2D eigenvalue weighted by Crippen LogP contribution is -2.44. The Morgan fingerprint density at radius 2 is 2.04 bits per heavy atom. The summed E-state index contributed by atoms with van der Waals surface area (Å²) in [6.07, 6.45) is 12.0. The Bertz CT molecular complexity index is 679. The first-order valence-corrected chi connectivity index (χ1v) is 10.5. The average Bonchev–Trinajstić information content (AvgIpc) is 2.56. The molecule has 1 atom stereocenters. The zero-order valence-corrected chi connectivity index (χ0v) is 15.4. The predicted octanol–water partition coefficient (Wildman–Crippen LogP) is 2.27. The molecule has 132 valence electrons. The molecule has 0 radical (unpaired) electrons. The van der Waals surface area contributed by atoms with E-state index in [1.807, 2.05) is 18.3 Å². The van der Waals surface area contributed by atoms with Gasteiger partial charge in [0.1, 0.15) is 0 Å². The van der Waals surface area contributed by atoms with Gasteiger partial charge in [0, 0.05) is 31.9 Å². The number of sulfonamides is 1. The molecule has 0 bridgehead atoms. The van der Waals surface area contributed by atoms with Crippen molar-refractivity contribution in [2.45, 2.75) is 38.3 Å². The molecule has 2 heterocycles. The summed E-state index contributed by atoms with van der Waals surface area (Å²) in [5.41, 5.74) is 1.29. The van der Waals surface area contributed by atoms with Crippen molar-refractivity contribution in [3.63, 3.8) is 0 Å². The molecule has 1 aliphatic heterocycles. The van der Waals surface area contributed by atoms with Crippen molar-refractivity contribution in [1.29, 1.82) is 0 Å². The summed E-state index contributed by atoms with van der Waals surface area (Å²) in [6.45, 7) is 2.15. The van der Waals surface area contributed by atoms with Gasteiger partial charge >= 0.3 is 0 Å². The molecule has 1 unspecified atom stereocenters. The summed E-state index contributed by atoms with van der Waals surface area (Å²) in [4.78, 5) is 6.74. The summed E-state index contributed by atoms with van der Waals surface area (Å²) in [6, 6.07) is 6.46. The Balaban J connectivity index is 1.58. The second kappa shape index (κ2) is 6.94. The van der Waals surface area contributed by atoms with E-state index in [0.717, 1.165) is 37.9 Å². The minimum atomic E-state index is -3.05. The van der Waals surface area contributed by atoms with Gasteiger partial charge < -0.3 is 0 Å². The fourth-order valence-corrected chi connectivity index (χ4v) is 4.69. The van der Waals surface area contributed by atoms with Crippen molar-refractivity contribution in [1.82, 2.24) is 14.2 Å². The lowest BCUT2D eigenvalue weighted by molar-refractivity contribution is 0.154. The first-order chi connectivity index (χ1) is 11.4. The van der Waals surface area contributed by atoms with Gasteiger partial charge in [-0.1, -0.05) is 18.2 Å². The van der Waals surface area contributed by atoms with Crippen molar-refractivity contribution < 1.29 is 8.42 Å². The smallest absolute Gasteiger partial charge is 0.211 e. The maximum Gasteiger partial charge on any atom is 0.211 e. The number of pyridine rings is 1. The third-order valence-electron chi connectivity index (χ3n) is 5.50. The van der Waals surface area contributed by atoms with Crippen molar-refractivity contribution in [2.24, 2.45) is 5.41 Å². The highest BCUT2D eigenvalue weighted by molar-refractivity contribution is 7.88. The van der Waals surface area contributed by atoms with Gasteiger partial charge in [-0.15, -0.1) is 0 Å². The standard InChI is InChI=1S/C18H27N3O2S/c1-20(15-16-5-3-4-12-19-16)17-6-8-18(9-7-17)10-13-21(14-11-18)24(2,22)23/h3-6,8,12,17H,7,9-11,13-15H2,1-2H3. The van der Waals surface area contributed by atoms with Crippen LogP contribution in [0.5, 0.6) is 0 Å². The molecule has 0 amide bonds. The highest BCUT2D eigenvalue weighted by Gasteiger charge is 2.37. The Hall–Kier alpha value is -1.24. The third kappa shape index (κ3) is 4.05. The number of hydrogen-bond donors (Lipinski definition) is 0. The Labute approximate surface area is 145 Å². The minimum Gasteiger partial charge on any atom is -0.294 e. The van der Waals surface area contributed by atoms with Crippen LogP contribution >= 0.6 is 0 Å². The van der Waals surface area contributed by atoms with Crippen LogP contribution in [-0.2, 0) is 16.6 Å². The van der Waals surface area contributed by atoms with Crippen LogP contribution in [-0.4, -0.2) is 55.0 Å². The third-order valence-corrected chi connectivity index (χ3v) is 6.80. The highest BCUT2D eigenvalue weighted by Crippen LogP contribution is 2.41. The number of aromatic nitrogens is 1. The van der Waals surface area contributed by atoms with E-state index in [4.69, 9.17) is 0 Å². The molecule has 1 aromatic heterocycles. The molecule has 2 aliphatic rings. The molecule has 0 aromatic carbocycles. The van der Waals surface area contributed by atoms with Crippen LogP contribution < -0.4 is 0 Å². The van der Waals surface area contributed by atoms with E-state index in [-0.39, 0.29) is 5.41 Å². The van der Waals surface area contributed by atoms with E-state index < -0.39 is 10.0 Å². The Morgan fingerprint density at radius 1 is 1.29 bits per heavy atom. The zero-order valence-electron chi connectivity index (χ0n) is 14.6. The molecule has 24 heavy (non-hydrogen) atoms. The number of likely N-dealkylation sites (N-methyl/N-ethyl adjacent to an activating group) is 1. The van der Waals surface area contributed by atoms with Crippen LogP contribution in [0.25, 0.3) is 0 Å². The summed E-state index contributed by atoms with van der Waals surface area (Å²) >= 11 is 0. The van der Waals surface area contributed by atoms with E-state index in [1.165, 1.54) is 6.26 Å². The largest absolute Gasteiger partial charge is 0.294 e. The van der Waals surface area contributed by atoms with E-state index in [9.17, 15) is 8.42 Å². The minimum absolute atomic E-state index is 0.198. The molecule has 6 heteroatoms. The summed E-state index contributed by atoms with van der Waals surface area (Å²) in [5, 5.41) is 0.